The third kappa shape index (κ3) is 5.61. The highest BCUT2D eigenvalue weighted by Gasteiger charge is 2.13. The number of rotatable bonds is 2. The number of hydrogen-bond acceptors (Lipinski definition) is 2. The van der Waals surface area contributed by atoms with Crippen molar-refractivity contribution in [3.8, 4) is 0 Å². The lowest BCUT2D eigenvalue weighted by atomic mass is 9.92. The van der Waals surface area contributed by atoms with Crippen LogP contribution in [-0.2, 0) is 0 Å². The lowest BCUT2D eigenvalue weighted by molar-refractivity contribution is 0.214. The molecule has 0 unspecified atom stereocenters. The van der Waals surface area contributed by atoms with Crippen molar-refractivity contribution < 1.29 is 0 Å². The molecule has 1 N–H and O–H groups in total. The Hall–Kier alpha value is -0.0800. The first-order valence-electron chi connectivity index (χ1n) is 6.01. The van der Waals surface area contributed by atoms with Gasteiger partial charge in [0.15, 0.2) is 0 Å². The molecule has 14 heavy (non-hydrogen) atoms. The standard InChI is InChI=1S/C12H26N2/c1-12(2,3)6-11-14-9-4-7-13-8-5-10-14/h13H,4-11H2,1-3H3. The molecule has 1 aliphatic rings. The van der Waals surface area contributed by atoms with E-state index in [1.165, 1.54) is 52.0 Å². The van der Waals surface area contributed by atoms with Crippen molar-refractivity contribution in [3.63, 3.8) is 0 Å². The Balaban J connectivity index is 2.20. The number of nitrogens with one attached hydrogen (secondary N) is 1. The van der Waals surface area contributed by atoms with Crippen LogP contribution in [0.15, 0.2) is 0 Å². The van der Waals surface area contributed by atoms with Gasteiger partial charge in [0.25, 0.3) is 0 Å². The Bertz CT molecular complexity index is 141. The summed E-state index contributed by atoms with van der Waals surface area (Å²) < 4.78 is 0. The molecule has 0 spiro atoms. The van der Waals surface area contributed by atoms with E-state index in [1.54, 1.807) is 0 Å². The van der Waals surface area contributed by atoms with Gasteiger partial charge < -0.3 is 10.2 Å². The fourth-order valence-corrected chi connectivity index (χ4v) is 1.81. The molecule has 0 amide bonds. The Morgan fingerprint density at radius 3 is 2.14 bits per heavy atom. The first-order chi connectivity index (χ1) is 6.58. The van der Waals surface area contributed by atoms with E-state index in [1.807, 2.05) is 0 Å². The summed E-state index contributed by atoms with van der Waals surface area (Å²) in [7, 11) is 0. The second-order valence-corrected chi connectivity index (χ2v) is 5.61. The largest absolute Gasteiger partial charge is 0.317 e. The summed E-state index contributed by atoms with van der Waals surface area (Å²) in [5, 5.41) is 3.45. The molecule has 0 radical (unpaired) electrons. The van der Waals surface area contributed by atoms with Crippen molar-refractivity contribution in [3.05, 3.63) is 0 Å². The van der Waals surface area contributed by atoms with E-state index in [2.05, 4.69) is 31.0 Å². The first-order valence-corrected chi connectivity index (χ1v) is 6.01. The first kappa shape index (κ1) is 12.0. The lowest BCUT2D eigenvalue weighted by Gasteiger charge is -2.28. The van der Waals surface area contributed by atoms with Gasteiger partial charge in [0.05, 0.1) is 0 Å². The molecule has 2 nitrogen and oxygen atoms in total. The Kier molecular flexibility index (Phi) is 4.90. The minimum Gasteiger partial charge on any atom is -0.317 e. The molecule has 1 fully saturated rings. The average Bonchev–Trinajstić information content (AvgIpc) is 2.00. The molecule has 0 bridgehead atoms. The van der Waals surface area contributed by atoms with Crippen molar-refractivity contribution in [2.45, 2.75) is 40.0 Å². The topological polar surface area (TPSA) is 15.3 Å². The number of nitrogens with zero attached hydrogens (tertiary/aromatic N) is 1. The summed E-state index contributed by atoms with van der Waals surface area (Å²) in [5.41, 5.74) is 0.487. The Labute approximate surface area is 89.1 Å². The Morgan fingerprint density at radius 1 is 1.07 bits per heavy atom. The van der Waals surface area contributed by atoms with E-state index in [0.29, 0.717) is 5.41 Å². The monoisotopic (exact) mass is 198 g/mol. The van der Waals surface area contributed by atoms with Crippen LogP contribution in [0.4, 0.5) is 0 Å². The van der Waals surface area contributed by atoms with Crippen LogP contribution in [0.3, 0.4) is 0 Å². The maximum Gasteiger partial charge on any atom is -0.000663 e. The molecule has 1 saturated heterocycles. The van der Waals surface area contributed by atoms with Crippen LogP contribution < -0.4 is 5.32 Å². The minimum absolute atomic E-state index is 0.487. The fraction of sp³-hybridized carbons (Fsp3) is 1.00. The van der Waals surface area contributed by atoms with Gasteiger partial charge >= 0.3 is 0 Å². The lowest BCUT2D eigenvalue weighted by Crippen LogP contribution is -2.35. The molecule has 0 aromatic carbocycles. The van der Waals surface area contributed by atoms with Gasteiger partial charge in [-0.3, -0.25) is 0 Å². The van der Waals surface area contributed by atoms with Crippen LogP contribution in [0.25, 0.3) is 0 Å². The zero-order chi connectivity index (χ0) is 10.4. The molecule has 1 rings (SSSR count). The van der Waals surface area contributed by atoms with Gasteiger partial charge in [0.2, 0.25) is 0 Å². The quantitative estimate of drug-likeness (QED) is 0.731. The molecule has 0 atom stereocenters. The molecule has 0 aromatic heterocycles. The third-order valence-electron chi connectivity index (χ3n) is 2.83. The maximum absolute atomic E-state index is 3.45. The van der Waals surface area contributed by atoms with Crippen LogP contribution in [0.5, 0.6) is 0 Å². The van der Waals surface area contributed by atoms with Crippen molar-refractivity contribution >= 4 is 0 Å². The van der Waals surface area contributed by atoms with E-state index in [-0.39, 0.29) is 0 Å². The van der Waals surface area contributed by atoms with E-state index in [4.69, 9.17) is 0 Å². The van der Waals surface area contributed by atoms with Crippen LogP contribution in [0, 0.1) is 5.41 Å². The highest BCUT2D eigenvalue weighted by atomic mass is 15.1. The summed E-state index contributed by atoms with van der Waals surface area (Å²) >= 11 is 0. The van der Waals surface area contributed by atoms with Crippen LogP contribution in [0.1, 0.15) is 40.0 Å². The SMILES string of the molecule is CC(C)(C)CCN1CCCNCCC1. The van der Waals surface area contributed by atoms with Crippen LogP contribution >= 0.6 is 0 Å². The van der Waals surface area contributed by atoms with Crippen molar-refractivity contribution in [1.29, 1.82) is 0 Å². The van der Waals surface area contributed by atoms with Crippen molar-refractivity contribution in [2.24, 2.45) is 5.41 Å². The van der Waals surface area contributed by atoms with E-state index >= 15 is 0 Å². The Morgan fingerprint density at radius 2 is 1.64 bits per heavy atom. The van der Waals surface area contributed by atoms with Crippen molar-refractivity contribution in [1.82, 2.24) is 10.2 Å². The molecule has 1 heterocycles. The average molecular weight is 198 g/mol. The predicted molar refractivity (Wildman–Crippen MR) is 62.6 cm³/mol. The summed E-state index contributed by atoms with van der Waals surface area (Å²) in [4.78, 5) is 2.63. The number of hydrogen-bond donors (Lipinski definition) is 1. The summed E-state index contributed by atoms with van der Waals surface area (Å²) in [6, 6.07) is 0. The predicted octanol–water partition coefficient (Wildman–Crippen LogP) is 2.11. The van der Waals surface area contributed by atoms with E-state index in [9.17, 15) is 0 Å². The smallest absolute Gasteiger partial charge is 0.000663 e. The van der Waals surface area contributed by atoms with E-state index in [0.717, 1.165) is 0 Å². The van der Waals surface area contributed by atoms with Gasteiger partial charge in [-0.15, -0.1) is 0 Å². The highest BCUT2D eigenvalue weighted by Crippen LogP contribution is 2.18. The minimum atomic E-state index is 0.487. The van der Waals surface area contributed by atoms with Gasteiger partial charge in [-0.25, -0.2) is 0 Å². The van der Waals surface area contributed by atoms with Gasteiger partial charge in [0.1, 0.15) is 0 Å². The second-order valence-electron chi connectivity index (χ2n) is 5.61. The summed E-state index contributed by atoms with van der Waals surface area (Å²) in [6.45, 7) is 13.2. The zero-order valence-electron chi connectivity index (χ0n) is 10.1. The molecular weight excluding hydrogens is 172 g/mol. The van der Waals surface area contributed by atoms with Gasteiger partial charge in [0, 0.05) is 0 Å². The molecule has 0 aromatic rings. The summed E-state index contributed by atoms with van der Waals surface area (Å²) in [5.74, 6) is 0. The van der Waals surface area contributed by atoms with E-state index < -0.39 is 0 Å². The normalized spacial score (nSPS) is 21.6. The summed E-state index contributed by atoms with van der Waals surface area (Å²) in [6.07, 6.45) is 3.94. The van der Waals surface area contributed by atoms with Crippen LogP contribution in [-0.4, -0.2) is 37.6 Å². The maximum atomic E-state index is 3.45. The zero-order valence-corrected chi connectivity index (χ0v) is 10.1. The van der Waals surface area contributed by atoms with Crippen LogP contribution in [0.2, 0.25) is 0 Å². The second kappa shape index (κ2) is 5.72. The molecule has 84 valence electrons. The fourth-order valence-electron chi connectivity index (χ4n) is 1.81. The van der Waals surface area contributed by atoms with Crippen molar-refractivity contribution in [2.75, 3.05) is 32.7 Å². The highest BCUT2D eigenvalue weighted by molar-refractivity contribution is 4.68. The molecule has 0 aliphatic carbocycles. The third-order valence-corrected chi connectivity index (χ3v) is 2.83. The molecule has 0 saturated carbocycles. The van der Waals surface area contributed by atoms with Gasteiger partial charge in [-0.1, -0.05) is 20.8 Å². The molecule has 2 heteroatoms. The van der Waals surface area contributed by atoms with Gasteiger partial charge in [-0.2, -0.15) is 0 Å². The van der Waals surface area contributed by atoms with Gasteiger partial charge in [-0.05, 0) is 57.4 Å². The molecule has 1 aliphatic heterocycles. The molecular formula is C12H26N2.